The highest BCUT2D eigenvalue weighted by molar-refractivity contribution is 5.88. The molecule has 0 saturated carbocycles. The Kier molecular flexibility index (Phi) is 10.7. The van der Waals surface area contributed by atoms with Gasteiger partial charge < -0.3 is 25.8 Å². The summed E-state index contributed by atoms with van der Waals surface area (Å²) in [5.74, 6) is -4.02. The third-order valence-corrected chi connectivity index (χ3v) is 2.04. The first kappa shape index (κ1) is 21.1. The van der Waals surface area contributed by atoms with Gasteiger partial charge in [0, 0.05) is 0 Å². The molecule has 0 saturated heterocycles. The Balaban J connectivity index is 0. The molecule has 0 bridgehead atoms. The van der Waals surface area contributed by atoms with Crippen LogP contribution in [0.3, 0.4) is 0 Å². The van der Waals surface area contributed by atoms with Crippen LogP contribution >= 0.6 is 0 Å². The lowest BCUT2D eigenvalue weighted by Gasteiger charge is -2.20. The number of carbonyl (C=O) groups excluding carboxylic acids is 1. The molecule has 1 atom stereocenters. The SMILES string of the molecule is CC(=N)N.CCCCOC(=O)CC(O)(CC(=O)O)C(=O)O. The maximum atomic E-state index is 11.2. The number of rotatable bonds is 8. The number of amidine groups is 1. The average molecular weight is 306 g/mol. The van der Waals surface area contributed by atoms with Crippen molar-refractivity contribution in [1.29, 1.82) is 5.41 Å². The van der Waals surface area contributed by atoms with Gasteiger partial charge in [0.05, 0.1) is 25.3 Å². The predicted octanol–water partition coefficient (Wildman–Crippen LogP) is -0.0475. The Hall–Kier alpha value is -2.16. The number of nitrogens with one attached hydrogen (secondary N) is 1. The molecule has 21 heavy (non-hydrogen) atoms. The number of aliphatic hydroxyl groups is 1. The summed E-state index contributed by atoms with van der Waals surface area (Å²) in [6.45, 7) is 3.53. The molecule has 0 aromatic carbocycles. The van der Waals surface area contributed by atoms with Crippen molar-refractivity contribution in [3.8, 4) is 0 Å². The highest BCUT2D eigenvalue weighted by Gasteiger charge is 2.41. The molecular formula is C12H22N2O7. The second-order valence-electron chi connectivity index (χ2n) is 4.34. The third kappa shape index (κ3) is 12.6. The van der Waals surface area contributed by atoms with Crippen LogP contribution in [0.15, 0.2) is 0 Å². The molecule has 6 N–H and O–H groups in total. The highest BCUT2D eigenvalue weighted by atomic mass is 16.5. The normalized spacial score (nSPS) is 12.3. The maximum absolute atomic E-state index is 11.2. The van der Waals surface area contributed by atoms with Gasteiger partial charge in [-0.1, -0.05) is 13.3 Å². The van der Waals surface area contributed by atoms with E-state index in [1.807, 2.05) is 6.92 Å². The van der Waals surface area contributed by atoms with Crippen LogP contribution in [0.25, 0.3) is 0 Å². The number of carbonyl (C=O) groups is 3. The lowest BCUT2D eigenvalue weighted by molar-refractivity contribution is -0.172. The van der Waals surface area contributed by atoms with Crippen molar-refractivity contribution < 1.29 is 34.4 Å². The number of hydrogen-bond acceptors (Lipinski definition) is 6. The lowest BCUT2D eigenvalue weighted by atomic mass is 9.96. The zero-order valence-electron chi connectivity index (χ0n) is 12.1. The lowest BCUT2D eigenvalue weighted by Crippen LogP contribution is -2.43. The quantitative estimate of drug-likeness (QED) is 0.180. The van der Waals surface area contributed by atoms with Gasteiger partial charge in [0.1, 0.15) is 0 Å². The van der Waals surface area contributed by atoms with E-state index in [2.05, 4.69) is 4.74 Å². The van der Waals surface area contributed by atoms with Crippen molar-refractivity contribution in [3.63, 3.8) is 0 Å². The molecule has 9 nitrogen and oxygen atoms in total. The number of hydrogen-bond donors (Lipinski definition) is 5. The van der Waals surface area contributed by atoms with E-state index in [9.17, 15) is 19.5 Å². The van der Waals surface area contributed by atoms with Gasteiger partial charge in [0.25, 0.3) is 0 Å². The monoisotopic (exact) mass is 306 g/mol. The van der Waals surface area contributed by atoms with Crippen LogP contribution in [0.1, 0.15) is 39.5 Å². The molecule has 0 amide bonds. The van der Waals surface area contributed by atoms with Crippen molar-refractivity contribution in [3.05, 3.63) is 0 Å². The minimum absolute atomic E-state index is 0.123. The van der Waals surface area contributed by atoms with E-state index in [1.165, 1.54) is 6.92 Å². The molecule has 0 aliphatic heterocycles. The fourth-order valence-corrected chi connectivity index (χ4v) is 1.08. The second-order valence-corrected chi connectivity index (χ2v) is 4.34. The van der Waals surface area contributed by atoms with Crippen molar-refractivity contribution in [2.45, 2.75) is 45.1 Å². The number of ether oxygens (including phenoxy) is 1. The molecule has 0 aromatic rings. The number of nitrogens with two attached hydrogens (primary N) is 1. The Bertz CT molecular complexity index is 380. The van der Waals surface area contributed by atoms with Gasteiger partial charge >= 0.3 is 17.9 Å². The zero-order chi connectivity index (χ0) is 17.1. The Morgan fingerprint density at radius 3 is 2.05 bits per heavy atom. The summed E-state index contributed by atoms with van der Waals surface area (Å²) < 4.78 is 4.65. The number of carboxylic acids is 2. The van der Waals surface area contributed by atoms with Crippen LogP contribution in [-0.4, -0.2) is 51.3 Å². The van der Waals surface area contributed by atoms with Gasteiger partial charge in [-0.15, -0.1) is 0 Å². The molecule has 0 aromatic heterocycles. The number of esters is 1. The van der Waals surface area contributed by atoms with Gasteiger partial charge in [0.2, 0.25) is 0 Å². The molecule has 0 spiro atoms. The van der Waals surface area contributed by atoms with Crippen LogP contribution in [0.5, 0.6) is 0 Å². The molecule has 0 aliphatic rings. The highest BCUT2D eigenvalue weighted by Crippen LogP contribution is 2.17. The standard InChI is InChI=1S/C10H16O7.C2H6N2/c1-2-3-4-17-8(13)6-10(16,9(14)15)5-7(11)12;1-2(3)4/h16H,2-6H2,1H3,(H,11,12)(H,14,15);1H3,(H3,3,4). The summed E-state index contributed by atoms with van der Waals surface area (Å²) in [5, 5.41) is 32.9. The van der Waals surface area contributed by atoms with Gasteiger partial charge in [0.15, 0.2) is 5.60 Å². The molecule has 9 heteroatoms. The van der Waals surface area contributed by atoms with Gasteiger partial charge in [-0.05, 0) is 13.3 Å². The number of carboxylic acid groups (broad SMARTS) is 2. The van der Waals surface area contributed by atoms with Crippen LogP contribution < -0.4 is 5.73 Å². The first-order chi connectivity index (χ1) is 9.55. The summed E-state index contributed by atoms with van der Waals surface area (Å²) in [6.07, 6.45) is -0.509. The first-order valence-electron chi connectivity index (χ1n) is 6.19. The predicted molar refractivity (Wildman–Crippen MR) is 72.9 cm³/mol. The zero-order valence-corrected chi connectivity index (χ0v) is 12.1. The molecule has 1 unspecified atom stereocenters. The van der Waals surface area contributed by atoms with Crippen molar-refractivity contribution in [2.24, 2.45) is 5.73 Å². The topological polar surface area (TPSA) is 171 Å². The number of aliphatic carboxylic acids is 2. The van der Waals surface area contributed by atoms with E-state index in [4.69, 9.17) is 21.4 Å². The average Bonchev–Trinajstić information content (AvgIpc) is 2.26. The molecule has 0 rings (SSSR count). The van der Waals surface area contributed by atoms with Crippen LogP contribution in [0.2, 0.25) is 0 Å². The Labute approximate surface area is 122 Å². The molecule has 0 radical (unpaired) electrons. The van der Waals surface area contributed by atoms with E-state index in [0.717, 1.165) is 6.42 Å². The molecular weight excluding hydrogens is 284 g/mol. The molecule has 122 valence electrons. The van der Waals surface area contributed by atoms with Gasteiger partial charge in [-0.3, -0.25) is 15.0 Å². The fraction of sp³-hybridized carbons (Fsp3) is 0.667. The fourth-order valence-electron chi connectivity index (χ4n) is 1.08. The van der Waals surface area contributed by atoms with Gasteiger partial charge in [-0.25, -0.2) is 4.79 Å². The first-order valence-corrected chi connectivity index (χ1v) is 6.19. The van der Waals surface area contributed by atoms with E-state index in [1.54, 1.807) is 0 Å². The van der Waals surface area contributed by atoms with Crippen LogP contribution in [-0.2, 0) is 19.1 Å². The smallest absolute Gasteiger partial charge is 0.336 e. The minimum atomic E-state index is -2.62. The Morgan fingerprint density at radius 2 is 1.71 bits per heavy atom. The second kappa shape index (κ2) is 10.6. The third-order valence-electron chi connectivity index (χ3n) is 2.04. The number of unbranched alkanes of at least 4 members (excludes halogenated alkanes) is 1. The summed E-state index contributed by atoms with van der Waals surface area (Å²) in [4.78, 5) is 32.3. The van der Waals surface area contributed by atoms with Crippen LogP contribution in [0, 0.1) is 5.41 Å². The van der Waals surface area contributed by atoms with Crippen molar-refractivity contribution in [2.75, 3.05) is 6.61 Å². The summed E-state index contributed by atoms with van der Waals surface area (Å²) in [7, 11) is 0. The van der Waals surface area contributed by atoms with E-state index >= 15 is 0 Å². The molecule has 0 aliphatic carbocycles. The summed E-state index contributed by atoms with van der Waals surface area (Å²) in [5.41, 5.74) is 2.08. The van der Waals surface area contributed by atoms with Crippen molar-refractivity contribution >= 4 is 23.7 Å². The van der Waals surface area contributed by atoms with E-state index in [0.29, 0.717) is 6.42 Å². The maximum Gasteiger partial charge on any atom is 0.336 e. The molecule has 0 fully saturated rings. The van der Waals surface area contributed by atoms with E-state index in [-0.39, 0.29) is 12.4 Å². The largest absolute Gasteiger partial charge is 0.481 e. The van der Waals surface area contributed by atoms with Crippen molar-refractivity contribution in [1.82, 2.24) is 0 Å². The molecule has 0 heterocycles. The summed E-state index contributed by atoms with van der Waals surface area (Å²) in [6, 6.07) is 0. The minimum Gasteiger partial charge on any atom is -0.481 e. The van der Waals surface area contributed by atoms with E-state index < -0.39 is 36.4 Å². The van der Waals surface area contributed by atoms with Crippen LogP contribution in [0.4, 0.5) is 0 Å². The Morgan fingerprint density at radius 1 is 1.24 bits per heavy atom. The summed E-state index contributed by atoms with van der Waals surface area (Å²) >= 11 is 0. The van der Waals surface area contributed by atoms with Gasteiger partial charge in [-0.2, -0.15) is 0 Å².